The summed E-state index contributed by atoms with van der Waals surface area (Å²) in [6, 6.07) is 3.29. The van der Waals surface area contributed by atoms with Crippen molar-refractivity contribution in [1.82, 2.24) is 15.1 Å². The highest BCUT2D eigenvalue weighted by molar-refractivity contribution is 5.48. The van der Waals surface area contributed by atoms with Crippen LogP contribution in [0, 0.1) is 6.92 Å². The summed E-state index contributed by atoms with van der Waals surface area (Å²) in [5.74, 6) is -1.54. The van der Waals surface area contributed by atoms with Crippen LogP contribution >= 0.6 is 0 Å². The summed E-state index contributed by atoms with van der Waals surface area (Å²) in [5, 5.41) is 3.23. The summed E-state index contributed by atoms with van der Waals surface area (Å²) in [4.78, 5) is 7.08. The van der Waals surface area contributed by atoms with E-state index in [4.69, 9.17) is 0 Å². The Kier molecular flexibility index (Phi) is 2.37. The molecule has 0 saturated heterocycles. The van der Waals surface area contributed by atoms with Crippen LogP contribution in [0.25, 0.3) is 11.5 Å². The predicted molar refractivity (Wildman–Crippen MR) is 47.3 cm³/mol. The average molecular weight is 229 g/mol. The third-order valence-corrected chi connectivity index (χ3v) is 1.81. The number of hydrogen-bond donors (Lipinski definition) is 0. The van der Waals surface area contributed by atoms with E-state index in [9.17, 15) is 13.2 Å². The lowest BCUT2D eigenvalue weighted by molar-refractivity contribution is -0.159. The van der Waals surface area contributed by atoms with Crippen LogP contribution in [0.2, 0.25) is 0 Å². The zero-order chi connectivity index (χ0) is 11.8. The molecule has 2 heterocycles. The smallest absolute Gasteiger partial charge is 0.329 e. The van der Waals surface area contributed by atoms with E-state index in [1.165, 1.54) is 6.20 Å². The van der Waals surface area contributed by atoms with Crippen molar-refractivity contribution in [3.63, 3.8) is 0 Å². The molecule has 0 N–H and O–H groups in total. The second-order valence-electron chi connectivity index (χ2n) is 3.14. The molecule has 0 atom stereocenters. The third kappa shape index (κ3) is 2.02. The molecule has 2 aromatic rings. The van der Waals surface area contributed by atoms with Crippen LogP contribution in [0.1, 0.15) is 11.5 Å². The summed E-state index contributed by atoms with van der Waals surface area (Å²) in [6.45, 7) is 1.79. The van der Waals surface area contributed by atoms with E-state index in [1.807, 2.05) is 0 Å². The molecule has 0 aliphatic rings. The van der Waals surface area contributed by atoms with Gasteiger partial charge in [-0.1, -0.05) is 5.16 Å². The largest absolute Gasteiger partial charge is 0.471 e. The summed E-state index contributed by atoms with van der Waals surface area (Å²) < 4.78 is 40.6. The normalized spacial score (nSPS) is 11.8. The number of halogens is 3. The Balaban J connectivity index is 2.39. The Morgan fingerprint density at radius 1 is 1.31 bits per heavy atom. The highest BCUT2D eigenvalue weighted by atomic mass is 19.4. The first-order valence-corrected chi connectivity index (χ1v) is 4.31. The van der Waals surface area contributed by atoms with Crippen LogP contribution in [0.3, 0.4) is 0 Å². The first kappa shape index (κ1) is 10.6. The van der Waals surface area contributed by atoms with E-state index in [0.717, 1.165) is 5.56 Å². The number of pyridine rings is 1. The molecule has 0 fully saturated rings. The lowest BCUT2D eigenvalue weighted by Crippen LogP contribution is -2.04. The Hall–Kier alpha value is -1.92. The van der Waals surface area contributed by atoms with Crippen LogP contribution in [-0.2, 0) is 6.18 Å². The van der Waals surface area contributed by atoms with Crippen molar-refractivity contribution in [1.29, 1.82) is 0 Å². The molecule has 0 aromatic carbocycles. The molecular formula is C9H6F3N3O. The summed E-state index contributed by atoms with van der Waals surface area (Å²) in [5.41, 5.74) is 1.10. The molecule has 2 rings (SSSR count). The maximum absolute atomic E-state index is 12.2. The number of aromatic nitrogens is 3. The number of hydrogen-bond acceptors (Lipinski definition) is 4. The van der Waals surface area contributed by atoms with Crippen molar-refractivity contribution < 1.29 is 17.7 Å². The van der Waals surface area contributed by atoms with Crippen LogP contribution in [0.5, 0.6) is 0 Å². The molecule has 16 heavy (non-hydrogen) atoms. The van der Waals surface area contributed by atoms with Gasteiger partial charge in [0, 0.05) is 6.20 Å². The average Bonchev–Trinajstić information content (AvgIpc) is 2.65. The van der Waals surface area contributed by atoms with E-state index in [0.29, 0.717) is 0 Å². The number of aryl methyl sites for hydroxylation is 1. The minimum atomic E-state index is -4.63. The van der Waals surface area contributed by atoms with Gasteiger partial charge in [0.1, 0.15) is 5.69 Å². The van der Waals surface area contributed by atoms with Gasteiger partial charge in [0.25, 0.3) is 0 Å². The Bertz CT molecular complexity index is 507. The van der Waals surface area contributed by atoms with Crippen LogP contribution in [0.4, 0.5) is 13.2 Å². The summed E-state index contributed by atoms with van der Waals surface area (Å²) in [7, 11) is 0. The van der Waals surface area contributed by atoms with Gasteiger partial charge in [-0.2, -0.15) is 18.2 Å². The van der Waals surface area contributed by atoms with Gasteiger partial charge < -0.3 is 4.52 Å². The molecular weight excluding hydrogens is 223 g/mol. The summed E-state index contributed by atoms with van der Waals surface area (Å²) >= 11 is 0. The van der Waals surface area contributed by atoms with Gasteiger partial charge in [-0.25, -0.2) is 0 Å². The number of nitrogens with zero attached hydrogens (tertiary/aromatic N) is 3. The van der Waals surface area contributed by atoms with Crippen molar-refractivity contribution >= 4 is 0 Å². The van der Waals surface area contributed by atoms with Crippen LogP contribution < -0.4 is 0 Å². The van der Waals surface area contributed by atoms with Crippen LogP contribution in [0.15, 0.2) is 22.9 Å². The van der Waals surface area contributed by atoms with Crippen molar-refractivity contribution in [3.8, 4) is 11.5 Å². The standard InChI is InChI=1S/C9H6F3N3O/c1-5-2-3-13-6(4-5)7-14-8(16-15-7)9(10,11)12/h2-4H,1H3. The van der Waals surface area contributed by atoms with Gasteiger partial charge in [-0.05, 0) is 24.6 Å². The quantitative estimate of drug-likeness (QED) is 0.753. The van der Waals surface area contributed by atoms with E-state index in [2.05, 4.69) is 19.6 Å². The number of alkyl halides is 3. The molecule has 0 aliphatic heterocycles. The number of rotatable bonds is 1. The Morgan fingerprint density at radius 3 is 2.62 bits per heavy atom. The molecule has 0 aliphatic carbocycles. The first-order valence-electron chi connectivity index (χ1n) is 4.31. The SMILES string of the molecule is Cc1ccnc(-c2noc(C(F)(F)F)n2)c1. The molecule has 0 saturated carbocycles. The van der Waals surface area contributed by atoms with Gasteiger partial charge >= 0.3 is 12.1 Å². The maximum atomic E-state index is 12.2. The van der Waals surface area contributed by atoms with Gasteiger partial charge in [0.15, 0.2) is 0 Å². The fourth-order valence-corrected chi connectivity index (χ4v) is 1.10. The maximum Gasteiger partial charge on any atom is 0.471 e. The fourth-order valence-electron chi connectivity index (χ4n) is 1.10. The highest BCUT2D eigenvalue weighted by Gasteiger charge is 2.38. The lowest BCUT2D eigenvalue weighted by Gasteiger charge is -1.96. The van der Waals surface area contributed by atoms with Gasteiger partial charge in [-0.15, -0.1) is 0 Å². The van der Waals surface area contributed by atoms with E-state index in [1.54, 1.807) is 19.1 Å². The monoisotopic (exact) mass is 229 g/mol. The van der Waals surface area contributed by atoms with E-state index < -0.39 is 12.1 Å². The zero-order valence-corrected chi connectivity index (χ0v) is 8.12. The highest BCUT2D eigenvalue weighted by Crippen LogP contribution is 2.28. The second-order valence-corrected chi connectivity index (χ2v) is 3.14. The zero-order valence-electron chi connectivity index (χ0n) is 8.12. The van der Waals surface area contributed by atoms with Gasteiger partial charge in [0.05, 0.1) is 0 Å². The Morgan fingerprint density at radius 2 is 2.06 bits per heavy atom. The molecule has 84 valence electrons. The van der Waals surface area contributed by atoms with Gasteiger partial charge in [-0.3, -0.25) is 4.98 Å². The second kappa shape index (κ2) is 3.58. The molecule has 0 radical (unpaired) electrons. The minimum Gasteiger partial charge on any atom is -0.329 e. The van der Waals surface area contributed by atoms with Crippen molar-refractivity contribution in [2.45, 2.75) is 13.1 Å². The summed E-state index contributed by atoms with van der Waals surface area (Å²) in [6.07, 6.45) is -3.16. The molecule has 0 unspecified atom stereocenters. The van der Waals surface area contributed by atoms with Crippen molar-refractivity contribution in [3.05, 3.63) is 29.8 Å². The van der Waals surface area contributed by atoms with E-state index >= 15 is 0 Å². The first-order chi connectivity index (χ1) is 7.47. The minimum absolute atomic E-state index is 0.170. The molecule has 0 spiro atoms. The predicted octanol–water partition coefficient (Wildman–Crippen LogP) is 2.46. The van der Waals surface area contributed by atoms with Crippen molar-refractivity contribution in [2.24, 2.45) is 0 Å². The fraction of sp³-hybridized carbons (Fsp3) is 0.222. The van der Waals surface area contributed by atoms with Gasteiger partial charge in [0.2, 0.25) is 5.82 Å². The topological polar surface area (TPSA) is 51.8 Å². The Labute approximate surface area is 88.1 Å². The molecule has 2 aromatic heterocycles. The lowest BCUT2D eigenvalue weighted by atomic mass is 10.2. The molecule has 7 heteroatoms. The third-order valence-electron chi connectivity index (χ3n) is 1.81. The molecule has 0 amide bonds. The molecule has 0 bridgehead atoms. The van der Waals surface area contributed by atoms with Crippen LogP contribution in [-0.4, -0.2) is 15.1 Å². The molecule has 4 nitrogen and oxygen atoms in total. The van der Waals surface area contributed by atoms with E-state index in [-0.39, 0.29) is 11.5 Å². The van der Waals surface area contributed by atoms with Crippen molar-refractivity contribution in [2.75, 3.05) is 0 Å².